The van der Waals surface area contributed by atoms with Crippen LogP contribution in [0.15, 0.2) is 23.6 Å². The molecule has 0 aliphatic heterocycles. The number of aromatic nitrogens is 1. The molecule has 2 rings (SSSR count). The number of aryl methyl sites for hydroxylation is 1. The fraction of sp³-hybridized carbons (Fsp3) is 0.476. The molecule has 2 heterocycles. The number of hydrogen-bond donors (Lipinski definition) is 1. The second-order valence-corrected chi connectivity index (χ2v) is 8.01. The second-order valence-electron chi connectivity index (χ2n) is 6.98. The summed E-state index contributed by atoms with van der Waals surface area (Å²) < 4.78 is 12.0. The number of amides is 1. The van der Waals surface area contributed by atoms with Crippen LogP contribution in [0.1, 0.15) is 46.9 Å². The number of carbonyl (C=O) groups is 3. The van der Waals surface area contributed by atoms with Gasteiger partial charge in [-0.25, -0.2) is 9.59 Å². The summed E-state index contributed by atoms with van der Waals surface area (Å²) in [5.41, 5.74) is 2.15. The van der Waals surface area contributed by atoms with E-state index in [1.54, 1.807) is 17.4 Å². The summed E-state index contributed by atoms with van der Waals surface area (Å²) >= 11 is 1.65. The number of nitrogens with zero attached hydrogens (tertiary/aromatic N) is 1. The largest absolute Gasteiger partial charge is 0.467 e. The van der Waals surface area contributed by atoms with Gasteiger partial charge < -0.3 is 19.4 Å². The van der Waals surface area contributed by atoms with E-state index < -0.39 is 30.5 Å². The van der Waals surface area contributed by atoms with Crippen LogP contribution >= 0.6 is 11.3 Å². The van der Waals surface area contributed by atoms with E-state index in [4.69, 9.17) is 9.47 Å². The van der Waals surface area contributed by atoms with E-state index in [2.05, 4.69) is 5.32 Å². The van der Waals surface area contributed by atoms with Crippen molar-refractivity contribution in [2.45, 2.75) is 46.7 Å². The van der Waals surface area contributed by atoms with Gasteiger partial charge in [-0.1, -0.05) is 26.3 Å². The molecule has 0 aromatic carbocycles. The molecule has 0 fully saturated rings. The molecule has 29 heavy (non-hydrogen) atoms. The zero-order valence-electron chi connectivity index (χ0n) is 17.5. The summed E-state index contributed by atoms with van der Waals surface area (Å²) in [7, 11) is 1.27. The van der Waals surface area contributed by atoms with Gasteiger partial charge in [0.05, 0.1) is 19.2 Å². The molecule has 0 aliphatic carbocycles. The summed E-state index contributed by atoms with van der Waals surface area (Å²) in [4.78, 5) is 37.8. The van der Waals surface area contributed by atoms with E-state index in [-0.39, 0.29) is 5.92 Å². The van der Waals surface area contributed by atoms with Gasteiger partial charge in [0.15, 0.2) is 6.61 Å². The predicted octanol–water partition coefficient (Wildman–Crippen LogP) is 3.08. The molecule has 7 nitrogen and oxygen atoms in total. The minimum Gasteiger partial charge on any atom is -0.467 e. The van der Waals surface area contributed by atoms with Gasteiger partial charge in [-0.3, -0.25) is 4.79 Å². The lowest BCUT2D eigenvalue weighted by molar-refractivity contribution is -0.147. The third-order valence-electron chi connectivity index (χ3n) is 5.01. The summed E-state index contributed by atoms with van der Waals surface area (Å²) in [5.74, 6) is -1.72. The summed E-state index contributed by atoms with van der Waals surface area (Å²) in [6.45, 7) is 7.76. The first-order valence-corrected chi connectivity index (χ1v) is 10.4. The number of methoxy groups -OCH3 is 1. The molecule has 0 unspecified atom stereocenters. The van der Waals surface area contributed by atoms with Crippen LogP contribution < -0.4 is 5.32 Å². The van der Waals surface area contributed by atoms with Gasteiger partial charge in [0, 0.05) is 16.3 Å². The number of hydrogen-bond acceptors (Lipinski definition) is 6. The van der Waals surface area contributed by atoms with E-state index in [1.165, 1.54) is 12.0 Å². The molecule has 0 spiro atoms. The number of rotatable bonds is 9. The molecule has 2 aromatic rings. The third kappa shape index (κ3) is 5.69. The summed E-state index contributed by atoms with van der Waals surface area (Å²) in [6, 6.07) is 5.02. The van der Waals surface area contributed by atoms with Crippen molar-refractivity contribution in [2.24, 2.45) is 5.92 Å². The lowest BCUT2D eigenvalue weighted by Gasteiger charge is -2.21. The molecule has 1 amide bonds. The molecular formula is C21H28N2O5S. The summed E-state index contributed by atoms with van der Waals surface area (Å²) in [6.07, 6.45) is 0.691. The SMILES string of the molecule is CC[C@H](C)[C@@H](NC(=O)COC(=O)c1cc(C)n(Cc2cccs2)c1C)C(=O)OC. The van der Waals surface area contributed by atoms with Crippen molar-refractivity contribution in [3.8, 4) is 0 Å². The van der Waals surface area contributed by atoms with E-state index in [9.17, 15) is 14.4 Å². The number of ether oxygens (including phenoxy) is 2. The highest BCUT2D eigenvalue weighted by atomic mass is 32.1. The molecule has 8 heteroatoms. The quantitative estimate of drug-likeness (QED) is 0.630. The van der Waals surface area contributed by atoms with Crippen LogP contribution in [0.25, 0.3) is 0 Å². The second kappa shape index (κ2) is 10.2. The average Bonchev–Trinajstić information content (AvgIpc) is 3.32. The van der Waals surface area contributed by atoms with Crippen molar-refractivity contribution in [2.75, 3.05) is 13.7 Å². The molecular weight excluding hydrogens is 392 g/mol. The van der Waals surface area contributed by atoms with Gasteiger partial charge in [0.2, 0.25) is 0 Å². The maximum absolute atomic E-state index is 12.5. The van der Waals surface area contributed by atoms with E-state index in [0.29, 0.717) is 18.5 Å². The van der Waals surface area contributed by atoms with E-state index in [1.807, 2.05) is 49.8 Å². The first-order chi connectivity index (χ1) is 13.8. The number of thiophene rings is 1. The van der Waals surface area contributed by atoms with Gasteiger partial charge in [-0.15, -0.1) is 11.3 Å². The van der Waals surface area contributed by atoms with Crippen LogP contribution in [0, 0.1) is 19.8 Å². The van der Waals surface area contributed by atoms with Crippen molar-refractivity contribution in [3.05, 3.63) is 45.4 Å². The Hall–Kier alpha value is -2.61. The van der Waals surface area contributed by atoms with Crippen LogP contribution in [0.2, 0.25) is 0 Å². The monoisotopic (exact) mass is 420 g/mol. The van der Waals surface area contributed by atoms with Crippen LogP contribution in [0.5, 0.6) is 0 Å². The summed E-state index contributed by atoms with van der Waals surface area (Å²) in [5, 5.41) is 4.60. The molecule has 2 atom stereocenters. The van der Waals surface area contributed by atoms with Crippen molar-refractivity contribution in [3.63, 3.8) is 0 Å². The molecule has 0 radical (unpaired) electrons. The van der Waals surface area contributed by atoms with Crippen LogP contribution in [0.3, 0.4) is 0 Å². The molecule has 0 aliphatic rings. The van der Waals surface area contributed by atoms with Crippen molar-refractivity contribution >= 4 is 29.2 Å². The Morgan fingerprint density at radius 1 is 1.28 bits per heavy atom. The Morgan fingerprint density at radius 3 is 2.59 bits per heavy atom. The van der Waals surface area contributed by atoms with Crippen LogP contribution in [0.4, 0.5) is 0 Å². The number of nitrogens with one attached hydrogen (secondary N) is 1. The Labute approximate surface area is 175 Å². The Kier molecular flexibility index (Phi) is 8.01. The third-order valence-corrected chi connectivity index (χ3v) is 5.87. The highest BCUT2D eigenvalue weighted by molar-refractivity contribution is 7.09. The lowest BCUT2D eigenvalue weighted by atomic mass is 9.99. The average molecular weight is 421 g/mol. The minimum atomic E-state index is -0.771. The van der Waals surface area contributed by atoms with Gasteiger partial charge in [0.25, 0.3) is 5.91 Å². The highest BCUT2D eigenvalue weighted by Gasteiger charge is 2.27. The normalized spacial score (nSPS) is 12.9. The molecule has 158 valence electrons. The van der Waals surface area contributed by atoms with Crippen molar-refractivity contribution in [1.82, 2.24) is 9.88 Å². The van der Waals surface area contributed by atoms with Crippen LogP contribution in [-0.2, 0) is 25.6 Å². The topological polar surface area (TPSA) is 86.6 Å². The number of esters is 2. The maximum atomic E-state index is 12.5. The number of carbonyl (C=O) groups excluding carboxylic acids is 3. The first kappa shape index (κ1) is 22.7. The molecule has 0 saturated carbocycles. The fourth-order valence-electron chi connectivity index (χ4n) is 3.03. The predicted molar refractivity (Wildman–Crippen MR) is 111 cm³/mol. The maximum Gasteiger partial charge on any atom is 0.340 e. The highest BCUT2D eigenvalue weighted by Crippen LogP contribution is 2.20. The standard InChI is InChI=1S/C21H28N2O5S/c1-6-13(2)19(21(26)27-5)22-18(24)12-28-20(25)17-10-14(3)23(15(17)4)11-16-8-7-9-29-16/h7-10,13,19H,6,11-12H2,1-5H3,(H,22,24)/t13-,19+/m0/s1. The fourth-order valence-corrected chi connectivity index (χ4v) is 3.72. The zero-order valence-corrected chi connectivity index (χ0v) is 18.3. The molecule has 0 bridgehead atoms. The van der Waals surface area contributed by atoms with E-state index >= 15 is 0 Å². The Balaban J connectivity index is 2.00. The Bertz CT molecular complexity index is 857. The van der Waals surface area contributed by atoms with E-state index in [0.717, 1.165) is 11.4 Å². The smallest absolute Gasteiger partial charge is 0.340 e. The zero-order chi connectivity index (χ0) is 21.6. The molecule has 2 aromatic heterocycles. The van der Waals surface area contributed by atoms with Crippen molar-refractivity contribution in [1.29, 1.82) is 0 Å². The lowest BCUT2D eigenvalue weighted by Crippen LogP contribution is -2.47. The van der Waals surface area contributed by atoms with Gasteiger partial charge in [0.1, 0.15) is 6.04 Å². The molecule has 1 N–H and O–H groups in total. The Morgan fingerprint density at radius 2 is 2.00 bits per heavy atom. The van der Waals surface area contributed by atoms with Crippen LogP contribution in [-0.4, -0.2) is 42.2 Å². The van der Waals surface area contributed by atoms with Crippen molar-refractivity contribution < 1.29 is 23.9 Å². The minimum absolute atomic E-state index is 0.0988. The van der Waals surface area contributed by atoms with Gasteiger partial charge >= 0.3 is 11.9 Å². The molecule has 0 saturated heterocycles. The van der Waals surface area contributed by atoms with Gasteiger partial charge in [-0.05, 0) is 37.3 Å². The van der Waals surface area contributed by atoms with Gasteiger partial charge in [-0.2, -0.15) is 0 Å². The first-order valence-electron chi connectivity index (χ1n) is 9.51.